The van der Waals surface area contributed by atoms with Crippen molar-refractivity contribution in [3.8, 4) is 0 Å². The van der Waals surface area contributed by atoms with E-state index < -0.39 is 0 Å². The lowest BCUT2D eigenvalue weighted by Gasteiger charge is -2.37. The van der Waals surface area contributed by atoms with Gasteiger partial charge >= 0.3 is 0 Å². The van der Waals surface area contributed by atoms with Crippen molar-refractivity contribution in [1.82, 2.24) is 9.47 Å². The number of likely N-dealkylation sites (tertiary alicyclic amines) is 1. The molecule has 3 atom stereocenters. The van der Waals surface area contributed by atoms with Crippen LogP contribution in [0.3, 0.4) is 0 Å². The van der Waals surface area contributed by atoms with Gasteiger partial charge in [-0.15, -0.1) is 0 Å². The molecule has 3 rings (SSSR count). The fourth-order valence-electron chi connectivity index (χ4n) is 3.61. The van der Waals surface area contributed by atoms with Crippen molar-refractivity contribution < 1.29 is 0 Å². The lowest BCUT2D eigenvalue weighted by molar-refractivity contribution is 0.155. The monoisotopic (exact) mass is 247 g/mol. The van der Waals surface area contributed by atoms with Crippen LogP contribution in [0.1, 0.15) is 55.9 Å². The van der Waals surface area contributed by atoms with Gasteiger partial charge in [0.2, 0.25) is 0 Å². The quantitative estimate of drug-likeness (QED) is 0.827. The number of nitrogens with two attached hydrogens (primary N) is 1. The zero-order valence-corrected chi connectivity index (χ0v) is 11.6. The molecule has 3 heteroatoms. The Morgan fingerprint density at radius 1 is 1.33 bits per heavy atom. The number of fused-ring (bicyclic) bond motifs is 1. The van der Waals surface area contributed by atoms with Gasteiger partial charge in [0.15, 0.2) is 0 Å². The first-order chi connectivity index (χ1) is 8.66. The third-order valence-corrected chi connectivity index (χ3v) is 4.96. The van der Waals surface area contributed by atoms with Crippen LogP contribution < -0.4 is 5.73 Å². The molecule has 1 aliphatic heterocycles. The first-order valence-corrected chi connectivity index (χ1v) is 7.32. The summed E-state index contributed by atoms with van der Waals surface area (Å²) in [5.41, 5.74) is 9.15. The summed E-state index contributed by atoms with van der Waals surface area (Å²) in [4.78, 5) is 2.47. The normalized spacial score (nSPS) is 33.4. The van der Waals surface area contributed by atoms with Crippen molar-refractivity contribution >= 4 is 0 Å². The van der Waals surface area contributed by atoms with Gasteiger partial charge in [-0.2, -0.15) is 0 Å². The van der Waals surface area contributed by atoms with Gasteiger partial charge in [-0.05, 0) is 57.7 Å². The molecule has 1 aromatic heterocycles. The fourth-order valence-corrected chi connectivity index (χ4v) is 3.61. The first kappa shape index (κ1) is 12.2. The number of hydrogen-bond donors (Lipinski definition) is 1. The van der Waals surface area contributed by atoms with Crippen LogP contribution in [0.4, 0.5) is 0 Å². The Hall–Kier alpha value is -0.800. The Bertz CT molecular complexity index is 423. The van der Waals surface area contributed by atoms with Crippen molar-refractivity contribution in [2.75, 3.05) is 13.6 Å². The molecule has 0 radical (unpaired) electrons. The molecule has 18 heavy (non-hydrogen) atoms. The third-order valence-electron chi connectivity index (χ3n) is 4.96. The van der Waals surface area contributed by atoms with E-state index in [9.17, 15) is 0 Å². The Morgan fingerprint density at radius 3 is 2.94 bits per heavy atom. The molecule has 3 nitrogen and oxygen atoms in total. The SMILES string of the molecule is CC1CC(n2ccc3c2CCCC3N)CCN1C. The Labute approximate surface area is 110 Å². The number of aromatic nitrogens is 1. The van der Waals surface area contributed by atoms with Crippen LogP contribution in [-0.2, 0) is 6.42 Å². The van der Waals surface area contributed by atoms with Gasteiger partial charge < -0.3 is 15.2 Å². The van der Waals surface area contributed by atoms with Gasteiger partial charge in [-0.25, -0.2) is 0 Å². The van der Waals surface area contributed by atoms with E-state index in [1.807, 2.05) is 0 Å². The second kappa shape index (κ2) is 4.71. The molecular weight excluding hydrogens is 222 g/mol. The highest BCUT2D eigenvalue weighted by molar-refractivity contribution is 5.29. The minimum atomic E-state index is 0.277. The summed E-state index contributed by atoms with van der Waals surface area (Å²) in [6, 6.07) is 3.92. The molecule has 0 bridgehead atoms. The number of nitrogens with zero attached hydrogens (tertiary/aromatic N) is 2. The van der Waals surface area contributed by atoms with Crippen LogP contribution in [0.5, 0.6) is 0 Å². The second-order valence-electron chi connectivity index (χ2n) is 6.13. The molecule has 100 valence electrons. The Kier molecular flexibility index (Phi) is 3.20. The average Bonchev–Trinajstić information content (AvgIpc) is 2.78. The van der Waals surface area contributed by atoms with E-state index in [0.717, 1.165) is 6.42 Å². The highest BCUT2D eigenvalue weighted by Crippen LogP contribution is 2.34. The topological polar surface area (TPSA) is 34.2 Å². The number of piperidine rings is 1. The smallest absolute Gasteiger partial charge is 0.0360 e. The zero-order valence-electron chi connectivity index (χ0n) is 11.6. The van der Waals surface area contributed by atoms with Gasteiger partial charge in [0, 0.05) is 36.6 Å². The van der Waals surface area contributed by atoms with Crippen LogP contribution in [0, 0.1) is 0 Å². The molecule has 0 spiro atoms. The standard InChI is InChI=1S/C15H25N3/c1-11-10-12(6-8-17(11)2)18-9-7-13-14(16)4-3-5-15(13)18/h7,9,11-12,14H,3-6,8,10,16H2,1-2H3. The number of rotatable bonds is 1. The summed E-state index contributed by atoms with van der Waals surface area (Å²) in [7, 11) is 2.24. The molecule has 2 N–H and O–H groups in total. The van der Waals surface area contributed by atoms with Crippen molar-refractivity contribution in [2.45, 2.75) is 57.2 Å². The van der Waals surface area contributed by atoms with Crippen LogP contribution in [-0.4, -0.2) is 29.1 Å². The second-order valence-corrected chi connectivity index (χ2v) is 6.13. The van der Waals surface area contributed by atoms with Crippen molar-refractivity contribution in [3.63, 3.8) is 0 Å². The minimum absolute atomic E-state index is 0.277. The average molecular weight is 247 g/mol. The molecular formula is C15H25N3. The largest absolute Gasteiger partial charge is 0.348 e. The van der Waals surface area contributed by atoms with Crippen molar-refractivity contribution in [3.05, 3.63) is 23.5 Å². The van der Waals surface area contributed by atoms with Crippen LogP contribution in [0.15, 0.2) is 12.3 Å². The lowest BCUT2D eigenvalue weighted by Crippen LogP contribution is -2.38. The Morgan fingerprint density at radius 2 is 2.17 bits per heavy atom. The summed E-state index contributed by atoms with van der Waals surface area (Å²) in [6.07, 6.45) is 8.46. The predicted octanol–water partition coefficient (Wildman–Crippen LogP) is 2.48. The highest BCUT2D eigenvalue weighted by Gasteiger charge is 2.27. The van der Waals surface area contributed by atoms with E-state index in [1.54, 1.807) is 0 Å². The highest BCUT2D eigenvalue weighted by atomic mass is 15.2. The molecule has 2 aliphatic rings. The number of hydrogen-bond acceptors (Lipinski definition) is 2. The molecule has 1 aromatic rings. The Balaban J connectivity index is 1.85. The summed E-state index contributed by atoms with van der Waals surface area (Å²) in [5.74, 6) is 0. The van der Waals surface area contributed by atoms with E-state index in [4.69, 9.17) is 5.73 Å². The van der Waals surface area contributed by atoms with Gasteiger partial charge in [0.05, 0.1) is 0 Å². The van der Waals surface area contributed by atoms with E-state index in [0.29, 0.717) is 12.1 Å². The van der Waals surface area contributed by atoms with E-state index in [-0.39, 0.29) is 6.04 Å². The summed E-state index contributed by atoms with van der Waals surface area (Å²) < 4.78 is 2.54. The van der Waals surface area contributed by atoms with Gasteiger partial charge in [0.25, 0.3) is 0 Å². The van der Waals surface area contributed by atoms with E-state index in [1.165, 1.54) is 43.5 Å². The van der Waals surface area contributed by atoms with Crippen molar-refractivity contribution in [1.29, 1.82) is 0 Å². The van der Waals surface area contributed by atoms with Gasteiger partial charge in [-0.3, -0.25) is 0 Å². The minimum Gasteiger partial charge on any atom is -0.348 e. The lowest BCUT2D eigenvalue weighted by atomic mass is 9.92. The third kappa shape index (κ3) is 1.99. The zero-order chi connectivity index (χ0) is 12.7. The maximum atomic E-state index is 6.22. The first-order valence-electron chi connectivity index (χ1n) is 7.32. The molecule has 3 unspecified atom stereocenters. The maximum Gasteiger partial charge on any atom is 0.0360 e. The molecule has 2 heterocycles. The fraction of sp³-hybridized carbons (Fsp3) is 0.733. The molecule has 0 aromatic carbocycles. The molecule has 0 saturated carbocycles. The van der Waals surface area contributed by atoms with Gasteiger partial charge in [0.1, 0.15) is 0 Å². The van der Waals surface area contributed by atoms with Gasteiger partial charge in [-0.1, -0.05) is 0 Å². The van der Waals surface area contributed by atoms with Crippen molar-refractivity contribution in [2.24, 2.45) is 5.73 Å². The van der Waals surface area contributed by atoms with E-state index >= 15 is 0 Å². The molecule has 1 saturated heterocycles. The van der Waals surface area contributed by atoms with Crippen LogP contribution in [0.2, 0.25) is 0 Å². The predicted molar refractivity (Wildman–Crippen MR) is 74.7 cm³/mol. The van der Waals surface area contributed by atoms with Crippen LogP contribution in [0.25, 0.3) is 0 Å². The molecule has 1 fully saturated rings. The summed E-state index contributed by atoms with van der Waals surface area (Å²) in [5, 5.41) is 0. The maximum absolute atomic E-state index is 6.22. The van der Waals surface area contributed by atoms with E-state index in [2.05, 4.69) is 35.7 Å². The molecule has 1 aliphatic carbocycles. The summed E-state index contributed by atoms with van der Waals surface area (Å²) >= 11 is 0. The summed E-state index contributed by atoms with van der Waals surface area (Å²) in [6.45, 7) is 3.55. The van der Waals surface area contributed by atoms with Crippen LogP contribution >= 0.6 is 0 Å². The molecule has 0 amide bonds.